The van der Waals surface area contributed by atoms with Gasteiger partial charge in [-0.25, -0.2) is 0 Å². The summed E-state index contributed by atoms with van der Waals surface area (Å²) in [5.74, 6) is -0.298. The van der Waals surface area contributed by atoms with Gasteiger partial charge in [-0.3, -0.25) is 9.59 Å². The topological polar surface area (TPSA) is 72.8 Å². The van der Waals surface area contributed by atoms with Crippen molar-refractivity contribution in [3.05, 3.63) is 24.3 Å². The van der Waals surface area contributed by atoms with Crippen LogP contribution in [0, 0.1) is 0 Å². The fraction of sp³-hybridized carbons (Fsp3) is 0.684. The quantitative estimate of drug-likeness (QED) is 0.279. The Morgan fingerprint density at radius 2 is 1.33 bits per heavy atom. The van der Waals surface area contributed by atoms with E-state index in [9.17, 15) is 9.59 Å². The van der Waals surface area contributed by atoms with Crippen molar-refractivity contribution in [2.24, 2.45) is 0 Å². The third-order valence-electron chi connectivity index (χ3n) is 3.41. The number of methoxy groups -OCH3 is 1. The zero-order chi connectivity index (χ0) is 17.9. The summed E-state index contributed by atoms with van der Waals surface area (Å²) in [6.07, 6.45) is 15.9. The molecule has 0 aliphatic rings. The van der Waals surface area contributed by atoms with Gasteiger partial charge in [0.05, 0.1) is 13.7 Å². The van der Waals surface area contributed by atoms with Crippen molar-refractivity contribution in [3.63, 3.8) is 0 Å². The lowest BCUT2D eigenvalue weighted by Gasteiger charge is -2.02. The molecule has 138 valence electrons. The van der Waals surface area contributed by atoms with E-state index in [2.05, 4.69) is 10.8 Å². The van der Waals surface area contributed by atoms with E-state index in [-0.39, 0.29) is 18.5 Å². The van der Waals surface area contributed by atoms with E-state index in [0.717, 1.165) is 44.9 Å². The van der Waals surface area contributed by atoms with Gasteiger partial charge in [0.25, 0.3) is 0 Å². The fourth-order valence-electron chi connectivity index (χ4n) is 2.02. The standard InChI is InChI=1S/C19H32O5/c1-23-18(21)14-10-6-3-5-9-13-17-24-19(22)15-11-7-2-4-8-12-16-20/h4-5,8-9,20H,2-3,6-7,10-17H2,1H3/b8-4-,9-5-. The van der Waals surface area contributed by atoms with Crippen LogP contribution in [0.25, 0.3) is 0 Å². The zero-order valence-corrected chi connectivity index (χ0v) is 14.9. The number of rotatable bonds is 15. The molecule has 0 saturated carbocycles. The molecule has 24 heavy (non-hydrogen) atoms. The summed E-state index contributed by atoms with van der Waals surface area (Å²) in [6, 6.07) is 0. The molecule has 0 atom stereocenters. The van der Waals surface area contributed by atoms with Crippen molar-refractivity contribution < 1.29 is 24.2 Å². The lowest BCUT2D eigenvalue weighted by molar-refractivity contribution is -0.143. The van der Waals surface area contributed by atoms with Crippen LogP contribution in [0.5, 0.6) is 0 Å². The van der Waals surface area contributed by atoms with Gasteiger partial charge in [0.1, 0.15) is 0 Å². The van der Waals surface area contributed by atoms with Crippen LogP contribution in [0.2, 0.25) is 0 Å². The molecule has 0 aromatic heterocycles. The third kappa shape index (κ3) is 16.7. The molecule has 1 N–H and O–H groups in total. The van der Waals surface area contributed by atoms with E-state index in [1.54, 1.807) is 0 Å². The van der Waals surface area contributed by atoms with Crippen LogP contribution in [-0.2, 0) is 19.1 Å². The Kier molecular flexibility index (Phi) is 16.5. The number of carbonyl (C=O) groups excluding carboxylic acids is 2. The third-order valence-corrected chi connectivity index (χ3v) is 3.41. The Balaban J connectivity index is 3.36. The van der Waals surface area contributed by atoms with Crippen LogP contribution in [0.3, 0.4) is 0 Å². The second kappa shape index (κ2) is 17.7. The Morgan fingerprint density at radius 3 is 1.92 bits per heavy atom. The molecule has 0 spiro atoms. The van der Waals surface area contributed by atoms with E-state index in [1.165, 1.54) is 7.11 Å². The highest BCUT2D eigenvalue weighted by molar-refractivity contribution is 5.69. The second-order valence-corrected chi connectivity index (χ2v) is 5.53. The van der Waals surface area contributed by atoms with Gasteiger partial charge >= 0.3 is 11.9 Å². The fourth-order valence-corrected chi connectivity index (χ4v) is 2.02. The molecular weight excluding hydrogens is 308 g/mol. The maximum atomic E-state index is 11.5. The van der Waals surface area contributed by atoms with Crippen LogP contribution in [-0.4, -0.2) is 37.4 Å². The molecule has 0 rings (SSSR count). The van der Waals surface area contributed by atoms with Crippen LogP contribution in [0.1, 0.15) is 64.2 Å². The van der Waals surface area contributed by atoms with Gasteiger partial charge in [0, 0.05) is 19.4 Å². The van der Waals surface area contributed by atoms with E-state index < -0.39 is 0 Å². The van der Waals surface area contributed by atoms with E-state index in [4.69, 9.17) is 9.84 Å². The summed E-state index contributed by atoms with van der Waals surface area (Å²) >= 11 is 0. The average molecular weight is 340 g/mol. The van der Waals surface area contributed by atoms with Crippen LogP contribution in [0.4, 0.5) is 0 Å². The lowest BCUT2D eigenvalue weighted by Crippen LogP contribution is -2.04. The highest BCUT2D eigenvalue weighted by Gasteiger charge is 2.01. The summed E-state index contributed by atoms with van der Waals surface area (Å²) in [7, 11) is 1.40. The van der Waals surface area contributed by atoms with E-state index in [1.807, 2.05) is 18.2 Å². The molecule has 0 unspecified atom stereocenters. The largest absolute Gasteiger partial charge is 0.469 e. The van der Waals surface area contributed by atoms with Crippen molar-refractivity contribution in [3.8, 4) is 0 Å². The number of hydrogen-bond donors (Lipinski definition) is 1. The number of ether oxygens (including phenoxy) is 2. The number of aliphatic hydroxyl groups excluding tert-OH is 1. The van der Waals surface area contributed by atoms with E-state index in [0.29, 0.717) is 25.9 Å². The number of carbonyl (C=O) groups is 2. The molecule has 0 saturated heterocycles. The maximum Gasteiger partial charge on any atom is 0.305 e. The van der Waals surface area contributed by atoms with Crippen LogP contribution < -0.4 is 0 Å². The van der Waals surface area contributed by atoms with Crippen LogP contribution >= 0.6 is 0 Å². The summed E-state index contributed by atoms with van der Waals surface area (Å²) in [5.41, 5.74) is 0. The first-order valence-corrected chi connectivity index (χ1v) is 8.84. The number of hydrogen-bond acceptors (Lipinski definition) is 5. The smallest absolute Gasteiger partial charge is 0.305 e. The Morgan fingerprint density at radius 1 is 0.792 bits per heavy atom. The van der Waals surface area contributed by atoms with Crippen molar-refractivity contribution in [2.75, 3.05) is 20.3 Å². The number of unbranched alkanes of at least 4 members (excludes halogenated alkanes) is 4. The molecule has 0 amide bonds. The summed E-state index contributed by atoms with van der Waals surface area (Å²) in [6.45, 7) is 0.610. The van der Waals surface area contributed by atoms with Gasteiger partial charge in [-0.05, 0) is 51.4 Å². The molecule has 0 aromatic rings. The normalized spacial score (nSPS) is 11.2. The molecule has 0 aromatic carbocycles. The van der Waals surface area contributed by atoms with Gasteiger partial charge in [-0.2, -0.15) is 0 Å². The van der Waals surface area contributed by atoms with Crippen molar-refractivity contribution in [1.29, 1.82) is 0 Å². The summed E-state index contributed by atoms with van der Waals surface area (Å²) < 4.78 is 9.73. The molecule has 5 nitrogen and oxygen atoms in total. The first-order valence-electron chi connectivity index (χ1n) is 8.84. The minimum atomic E-state index is -0.160. The molecule has 0 aliphatic heterocycles. The molecular formula is C19H32O5. The minimum Gasteiger partial charge on any atom is -0.469 e. The van der Waals surface area contributed by atoms with Gasteiger partial charge in [0.2, 0.25) is 0 Å². The predicted molar refractivity (Wildman–Crippen MR) is 94.5 cm³/mol. The van der Waals surface area contributed by atoms with E-state index >= 15 is 0 Å². The van der Waals surface area contributed by atoms with Crippen molar-refractivity contribution in [1.82, 2.24) is 0 Å². The zero-order valence-electron chi connectivity index (χ0n) is 14.9. The highest BCUT2D eigenvalue weighted by atomic mass is 16.5. The lowest BCUT2D eigenvalue weighted by atomic mass is 10.2. The van der Waals surface area contributed by atoms with Crippen LogP contribution in [0.15, 0.2) is 24.3 Å². The summed E-state index contributed by atoms with van der Waals surface area (Å²) in [5, 5.41) is 8.61. The van der Waals surface area contributed by atoms with Gasteiger partial charge in [0.15, 0.2) is 0 Å². The highest BCUT2D eigenvalue weighted by Crippen LogP contribution is 2.04. The number of esters is 2. The molecule has 0 aliphatic carbocycles. The number of aliphatic hydroxyl groups is 1. The first kappa shape index (κ1) is 22.4. The Labute approximate surface area is 145 Å². The molecule has 0 heterocycles. The van der Waals surface area contributed by atoms with Gasteiger partial charge < -0.3 is 14.6 Å². The predicted octanol–water partition coefficient (Wildman–Crippen LogP) is 3.71. The molecule has 0 fully saturated rings. The van der Waals surface area contributed by atoms with Gasteiger partial charge in [-0.15, -0.1) is 0 Å². The van der Waals surface area contributed by atoms with Gasteiger partial charge in [-0.1, -0.05) is 24.3 Å². The SMILES string of the molecule is COC(=O)CCCC/C=C\CCOC(=O)CCCC/C=C\CCO. The Bertz CT molecular complexity index is 374. The first-order chi connectivity index (χ1) is 11.7. The average Bonchev–Trinajstić information content (AvgIpc) is 2.59. The summed E-state index contributed by atoms with van der Waals surface area (Å²) in [4.78, 5) is 22.4. The second-order valence-electron chi connectivity index (χ2n) is 5.53. The Hall–Kier alpha value is -1.62. The molecule has 0 bridgehead atoms. The molecule has 5 heteroatoms. The molecule has 0 radical (unpaired) electrons. The monoisotopic (exact) mass is 340 g/mol. The van der Waals surface area contributed by atoms with Crippen molar-refractivity contribution >= 4 is 11.9 Å². The minimum absolute atomic E-state index is 0.138. The van der Waals surface area contributed by atoms with Crippen molar-refractivity contribution in [2.45, 2.75) is 64.2 Å². The maximum absolute atomic E-state index is 11.5. The number of allylic oxidation sites excluding steroid dienone is 2.